The van der Waals surface area contributed by atoms with E-state index < -0.39 is 0 Å². The summed E-state index contributed by atoms with van der Waals surface area (Å²) in [6.45, 7) is 5.57. The van der Waals surface area contributed by atoms with Gasteiger partial charge in [0.1, 0.15) is 17.3 Å². The van der Waals surface area contributed by atoms with Crippen molar-refractivity contribution in [1.82, 2.24) is 15.0 Å². The van der Waals surface area contributed by atoms with Gasteiger partial charge in [-0.15, -0.1) is 0 Å². The summed E-state index contributed by atoms with van der Waals surface area (Å²) in [6, 6.07) is 5.78. The zero-order valence-corrected chi connectivity index (χ0v) is 13.5. The van der Waals surface area contributed by atoms with E-state index >= 15 is 0 Å². The second kappa shape index (κ2) is 5.49. The Kier molecular flexibility index (Phi) is 3.30. The second-order valence-electron chi connectivity index (χ2n) is 5.63. The maximum Gasteiger partial charge on any atom is 0.226 e. The molecule has 0 N–H and O–H groups in total. The van der Waals surface area contributed by atoms with Crippen LogP contribution in [0.4, 0.5) is 0 Å². The molecule has 120 valence electrons. The Bertz CT molecular complexity index is 869. The molecule has 4 rings (SSSR count). The standard InChI is InChI=1S/C18H15N3O3/c1-10-7-19-16(22-10)13-4-14(17-20-8-11(2)23-17)6-15(5-13)18-21-9-12(3)24-18/h4-9H,1-3H3. The highest BCUT2D eigenvalue weighted by atomic mass is 16.4. The molecule has 0 aliphatic carbocycles. The van der Waals surface area contributed by atoms with Crippen LogP contribution in [0.1, 0.15) is 17.3 Å². The number of aryl methyl sites for hydroxylation is 3. The highest BCUT2D eigenvalue weighted by Crippen LogP contribution is 2.32. The number of nitrogens with zero attached hydrogens (tertiary/aromatic N) is 3. The van der Waals surface area contributed by atoms with Crippen molar-refractivity contribution in [2.45, 2.75) is 20.8 Å². The number of aromatic nitrogens is 3. The average Bonchev–Trinajstić information content (AvgIpc) is 3.28. The van der Waals surface area contributed by atoms with Gasteiger partial charge in [-0.1, -0.05) is 0 Å². The number of benzene rings is 1. The van der Waals surface area contributed by atoms with Crippen molar-refractivity contribution < 1.29 is 13.3 Å². The van der Waals surface area contributed by atoms with Crippen molar-refractivity contribution >= 4 is 0 Å². The number of oxazole rings is 3. The predicted octanol–water partition coefficient (Wildman–Crippen LogP) is 4.58. The minimum absolute atomic E-state index is 0.530. The first kappa shape index (κ1) is 14.4. The van der Waals surface area contributed by atoms with Gasteiger partial charge in [-0.25, -0.2) is 15.0 Å². The fourth-order valence-electron chi connectivity index (χ4n) is 2.46. The van der Waals surface area contributed by atoms with Crippen molar-refractivity contribution in [1.29, 1.82) is 0 Å². The quantitative estimate of drug-likeness (QED) is 0.549. The van der Waals surface area contributed by atoms with Crippen molar-refractivity contribution in [2.24, 2.45) is 0 Å². The summed E-state index contributed by atoms with van der Waals surface area (Å²) in [7, 11) is 0. The molecule has 0 aliphatic rings. The van der Waals surface area contributed by atoms with E-state index in [2.05, 4.69) is 15.0 Å². The molecule has 1 aromatic carbocycles. The van der Waals surface area contributed by atoms with Crippen LogP contribution in [-0.2, 0) is 0 Å². The fourth-order valence-corrected chi connectivity index (χ4v) is 2.46. The molecule has 3 heterocycles. The monoisotopic (exact) mass is 321 g/mol. The molecule has 4 aromatic rings. The molecule has 6 nitrogen and oxygen atoms in total. The van der Waals surface area contributed by atoms with E-state index in [1.165, 1.54) is 0 Å². The van der Waals surface area contributed by atoms with Crippen molar-refractivity contribution in [3.63, 3.8) is 0 Å². The Morgan fingerprint density at radius 1 is 0.542 bits per heavy atom. The normalized spacial score (nSPS) is 11.1. The molecule has 0 fully saturated rings. The van der Waals surface area contributed by atoms with E-state index in [1.54, 1.807) is 18.6 Å². The zero-order valence-electron chi connectivity index (χ0n) is 13.5. The summed E-state index contributed by atoms with van der Waals surface area (Å²) in [5.41, 5.74) is 2.42. The molecular weight excluding hydrogens is 306 g/mol. The van der Waals surface area contributed by atoms with Crippen LogP contribution in [0, 0.1) is 20.8 Å². The first-order chi connectivity index (χ1) is 11.6. The molecule has 0 radical (unpaired) electrons. The lowest BCUT2D eigenvalue weighted by atomic mass is 10.1. The summed E-state index contributed by atoms with van der Waals surface area (Å²) in [4.78, 5) is 12.9. The lowest BCUT2D eigenvalue weighted by Gasteiger charge is -2.04. The summed E-state index contributed by atoms with van der Waals surface area (Å²) < 4.78 is 16.9. The SMILES string of the molecule is Cc1cnc(-c2cc(-c3ncc(C)o3)cc(-c3ncc(C)o3)c2)o1. The molecule has 0 saturated carbocycles. The van der Waals surface area contributed by atoms with Gasteiger partial charge in [0.15, 0.2) is 0 Å². The van der Waals surface area contributed by atoms with Gasteiger partial charge in [0.2, 0.25) is 17.7 Å². The van der Waals surface area contributed by atoms with Crippen molar-refractivity contribution in [3.05, 3.63) is 54.1 Å². The van der Waals surface area contributed by atoms with Gasteiger partial charge in [-0.2, -0.15) is 0 Å². The Morgan fingerprint density at radius 2 is 0.833 bits per heavy atom. The minimum Gasteiger partial charge on any atom is -0.441 e. The molecule has 0 aliphatic heterocycles. The van der Waals surface area contributed by atoms with E-state index in [0.717, 1.165) is 34.0 Å². The van der Waals surface area contributed by atoms with Gasteiger partial charge in [-0.3, -0.25) is 0 Å². The molecule has 0 atom stereocenters. The molecule has 0 bridgehead atoms. The third-order valence-corrected chi connectivity index (χ3v) is 3.54. The van der Waals surface area contributed by atoms with E-state index in [-0.39, 0.29) is 0 Å². The second-order valence-corrected chi connectivity index (χ2v) is 5.63. The molecule has 0 saturated heterocycles. The van der Waals surface area contributed by atoms with Gasteiger partial charge < -0.3 is 13.3 Å². The zero-order chi connectivity index (χ0) is 16.7. The lowest BCUT2D eigenvalue weighted by molar-refractivity contribution is 0.539. The Morgan fingerprint density at radius 3 is 1.04 bits per heavy atom. The molecule has 0 amide bonds. The van der Waals surface area contributed by atoms with Gasteiger partial charge in [0, 0.05) is 16.7 Å². The number of hydrogen-bond acceptors (Lipinski definition) is 6. The summed E-state index contributed by atoms with van der Waals surface area (Å²) >= 11 is 0. The topological polar surface area (TPSA) is 78.1 Å². The third kappa shape index (κ3) is 2.62. The van der Waals surface area contributed by atoms with E-state index in [1.807, 2.05) is 39.0 Å². The third-order valence-electron chi connectivity index (χ3n) is 3.54. The predicted molar refractivity (Wildman–Crippen MR) is 87.1 cm³/mol. The maximum atomic E-state index is 5.65. The van der Waals surface area contributed by atoms with Crippen LogP contribution in [0.2, 0.25) is 0 Å². The maximum absolute atomic E-state index is 5.65. The molecule has 24 heavy (non-hydrogen) atoms. The van der Waals surface area contributed by atoms with Crippen LogP contribution in [0.5, 0.6) is 0 Å². The van der Waals surface area contributed by atoms with E-state index in [9.17, 15) is 0 Å². The van der Waals surface area contributed by atoms with Crippen LogP contribution < -0.4 is 0 Å². The number of rotatable bonds is 3. The highest BCUT2D eigenvalue weighted by Gasteiger charge is 2.15. The summed E-state index contributed by atoms with van der Waals surface area (Å²) in [5.74, 6) is 3.83. The molecule has 3 aromatic heterocycles. The van der Waals surface area contributed by atoms with Crippen molar-refractivity contribution in [3.8, 4) is 34.4 Å². The Hall–Kier alpha value is -3.15. The van der Waals surface area contributed by atoms with E-state index in [4.69, 9.17) is 13.3 Å². The Labute approximate surface area is 138 Å². The first-order valence-electron chi connectivity index (χ1n) is 7.52. The highest BCUT2D eigenvalue weighted by molar-refractivity contribution is 5.73. The minimum atomic E-state index is 0.530. The summed E-state index contributed by atoms with van der Waals surface area (Å²) in [5, 5.41) is 0. The van der Waals surface area contributed by atoms with Crippen LogP contribution >= 0.6 is 0 Å². The van der Waals surface area contributed by atoms with Crippen LogP contribution in [-0.4, -0.2) is 15.0 Å². The molecule has 0 spiro atoms. The molecule has 0 unspecified atom stereocenters. The fraction of sp³-hybridized carbons (Fsp3) is 0.167. The van der Waals surface area contributed by atoms with Gasteiger partial charge in [0.05, 0.1) is 18.6 Å². The largest absolute Gasteiger partial charge is 0.441 e. The molecular formula is C18H15N3O3. The average molecular weight is 321 g/mol. The van der Waals surface area contributed by atoms with Gasteiger partial charge >= 0.3 is 0 Å². The Balaban J connectivity index is 1.90. The van der Waals surface area contributed by atoms with Crippen LogP contribution in [0.25, 0.3) is 34.4 Å². The smallest absolute Gasteiger partial charge is 0.226 e. The lowest BCUT2D eigenvalue weighted by Crippen LogP contribution is -1.86. The molecule has 6 heteroatoms. The van der Waals surface area contributed by atoms with Gasteiger partial charge in [0.25, 0.3) is 0 Å². The van der Waals surface area contributed by atoms with E-state index in [0.29, 0.717) is 17.7 Å². The first-order valence-corrected chi connectivity index (χ1v) is 7.52. The number of hydrogen-bond donors (Lipinski definition) is 0. The van der Waals surface area contributed by atoms with Gasteiger partial charge in [-0.05, 0) is 39.0 Å². The van der Waals surface area contributed by atoms with Crippen molar-refractivity contribution in [2.75, 3.05) is 0 Å². The van der Waals surface area contributed by atoms with Crippen LogP contribution in [0.15, 0.2) is 50.0 Å². The van der Waals surface area contributed by atoms with Crippen LogP contribution in [0.3, 0.4) is 0 Å². The summed E-state index contributed by atoms with van der Waals surface area (Å²) in [6.07, 6.45) is 5.06.